The molecule has 3 aromatic rings. The third kappa shape index (κ3) is 6.81. The van der Waals surface area contributed by atoms with Crippen LogP contribution in [0.3, 0.4) is 0 Å². The molecule has 0 radical (unpaired) electrons. The second-order valence-corrected chi connectivity index (χ2v) is 11.2. The summed E-state index contributed by atoms with van der Waals surface area (Å²) in [6.07, 6.45) is 2.01. The summed E-state index contributed by atoms with van der Waals surface area (Å²) < 4.78 is 31.5. The SMILES string of the molecule is O=S(=O)(C=C1CN(C(c2ccccc2)c2ccccc2)C1)Cc1cccc(OCCCCBr)c1. The highest BCUT2D eigenvalue weighted by molar-refractivity contribution is 9.09. The van der Waals surface area contributed by atoms with E-state index in [1.807, 2.05) is 60.7 Å². The number of nitrogens with zero attached hydrogens (tertiary/aromatic N) is 1. The van der Waals surface area contributed by atoms with Gasteiger partial charge in [-0.25, -0.2) is 8.42 Å². The highest BCUT2D eigenvalue weighted by Crippen LogP contribution is 2.34. The van der Waals surface area contributed by atoms with Gasteiger partial charge in [-0.05, 0) is 47.2 Å². The van der Waals surface area contributed by atoms with Crippen LogP contribution in [0.2, 0.25) is 0 Å². The van der Waals surface area contributed by atoms with Crippen LogP contribution in [0, 0.1) is 0 Å². The predicted octanol–water partition coefficient (Wildman–Crippen LogP) is 6.14. The molecule has 0 unspecified atom stereocenters. The molecule has 3 aromatic carbocycles. The number of benzene rings is 3. The number of unbranched alkanes of at least 4 members (excludes halogenated alkanes) is 1. The molecule has 0 aliphatic carbocycles. The molecule has 1 heterocycles. The maximum absolute atomic E-state index is 12.9. The lowest BCUT2D eigenvalue weighted by atomic mass is 9.93. The van der Waals surface area contributed by atoms with Crippen LogP contribution in [0.25, 0.3) is 0 Å². The van der Waals surface area contributed by atoms with E-state index < -0.39 is 9.84 Å². The minimum atomic E-state index is -3.37. The van der Waals surface area contributed by atoms with Crippen molar-refractivity contribution in [1.29, 1.82) is 0 Å². The zero-order chi connectivity index (χ0) is 23.8. The number of hydrogen-bond acceptors (Lipinski definition) is 4. The topological polar surface area (TPSA) is 46.6 Å². The fourth-order valence-electron chi connectivity index (χ4n) is 4.26. The van der Waals surface area contributed by atoms with Crippen LogP contribution in [0.5, 0.6) is 5.75 Å². The third-order valence-corrected chi connectivity index (χ3v) is 7.81. The Hall–Kier alpha value is -2.41. The van der Waals surface area contributed by atoms with Gasteiger partial charge in [-0.2, -0.15) is 0 Å². The van der Waals surface area contributed by atoms with Gasteiger partial charge in [0.05, 0.1) is 18.4 Å². The molecule has 1 fully saturated rings. The van der Waals surface area contributed by atoms with E-state index in [1.165, 1.54) is 16.5 Å². The first kappa shape index (κ1) is 24.7. The summed E-state index contributed by atoms with van der Waals surface area (Å²) >= 11 is 3.42. The number of hydrogen-bond donors (Lipinski definition) is 0. The highest BCUT2D eigenvalue weighted by Gasteiger charge is 2.31. The molecule has 0 spiro atoms. The van der Waals surface area contributed by atoms with E-state index in [2.05, 4.69) is 45.1 Å². The summed E-state index contributed by atoms with van der Waals surface area (Å²) in [5.41, 5.74) is 4.11. The Bertz CT molecular complexity index is 1150. The molecule has 1 aliphatic heterocycles. The standard InChI is InChI=1S/C28H30BrNO3S/c29-16-7-8-17-33-27-15-9-10-23(18-27)21-34(31,32)22-24-19-30(20-24)28(25-11-3-1-4-12-25)26-13-5-2-6-14-26/h1-6,9-15,18,22,28H,7-8,16-17,19-21H2. The summed E-state index contributed by atoms with van der Waals surface area (Å²) in [5, 5.41) is 2.43. The van der Waals surface area contributed by atoms with Crippen LogP contribution in [-0.4, -0.2) is 38.3 Å². The van der Waals surface area contributed by atoms with Crippen LogP contribution in [-0.2, 0) is 15.6 Å². The van der Waals surface area contributed by atoms with Crippen molar-refractivity contribution in [2.45, 2.75) is 24.6 Å². The Morgan fingerprint density at radius 2 is 1.53 bits per heavy atom. The first-order chi connectivity index (χ1) is 16.5. The van der Waals surface area contributed by atoms with Crippen LogP contribution in [0.1, 0.15) is 35.6 Å². The minimum absolute atomic E-state index is 0.0180. The largest absolute Gasteiger partial charge is 0.494 e. The lowest BCUT2D eigenvalue weighted by molar-refractivity contribution is 0.202. The third-order valence-electron chi connectivity index (χ3n) is 5.82. The fourth-order valence-corrected chi connectivity index (χ4v) is 6.04. The lowest BCUT2D eigenvalue weighted by Crippen LogP contribution is -2.43. The van der Waals surface area contributed by atoms with Gasteiger partial charge in [-0.3, -0.25) is 4.90 Å². The average molecular weight is 541 g/mol. The second kappa shape index (κ2) is 11.8. The van der Waals surface area contributed by atoms with Crippen molar-refractivity contribution in [3.05, 3.63) is 113 Å². The van der Waals surface area contributed by atoms with Gasteiger partial charge in [-0.15, -0.1) is 0 Å². The molecular formula is C28H30BrNO3S. The Kier molecular flexibility index (Phi) is 8.59. The van der Waals surface area contributed by atoms with E-state index in [0.717, 1.165) is 35.1 Å². The summed E-state index contributed by atoms with van der Waals surface area (Å²) in [7, 11) is -3.37. The molecule has 0 N–H and O–H groups in total. The van der Waals surface area contributed by atoms with Gasteiger partial charge < -0.3 is 4.74 Å². The van der Waals surface area contributed by atoms with Crippen molar-refractivity contribution in [1.82, 2.24) is 4.90 Å². The van der Waals surface area contributed by atoms with Crippen LogP contribution >= 0.6 is 15.9 Å². The fraction of sp³-hybridized carbons (Fsp3) is 0.286. The zero-order valence-electron chi connectivity index (χ0n) is 19.1. The highest BCUT2D eigenvalue weighted by atomic mass is 79.9. The van der Waals surface area contributed by atoms with Gasteiger partial charge in [0.1, 0.15) is 5.75 Å². The number of rotatable bonds is 11. The van der Waals surface area contributed by atoms with E-state index in [9.17, 15) is 8.42 Å². The molecule has 0 saturated carbocycles. The Morgan fingerprint density at radius 3 is 2.15 bits per heavy atom. The van der Waals surface area contributed by atoms with Gasteiger partial charge in [-0.1, -0.05) is 88.7 Å². The molecule has 34 heavy (non-hydrogen) atoms. The van der Waals surface area contributed by atoms with Gasteiger partial charge in [0, 0.05) is 23.8 Å². The number of sulfone groups is 1. The summed E-state index contributed by atoms with van der Waals surface area (Å²) in [6, 6.07) is 28.3. The van der Waals surface area contributed by atoms with Crippen molar-refractivity contribution in [2.24, 2.45) is 0 Å². The molecule has 0 bridgehead atoms. The van der Waals surface area contributed by atoms with Crippen molar-refractivity contribution < 1.29 is 13.2 Å². The average Bonchev–Trinajstić information content (AvgIpc) is 2.82. The Labute approximate surface area is 211 Å². The van der Waals surface area contributed by atoms with Crippen LogP contribution in [0.15, 0.2) is 95.9 Å². The maximum Gasteiger partial charge on any atom is 0.175 e. The number of likely N-dealkylation sites (tertiary alicyclic amines) is 1. The normalized spacial score (nSPS) is 14.1. The lowest BCUT2D eigenvalue weighted by Gasteiger charge is -2.41. The quantitative estimate of drug-likeness (QED) is 0.216. The van der Waals surface area contributed by atoms with E-state index >= 15 is 0 Å². The van der Waals surface area contributed by atoms with Crippen molar-refractivity contribution in [2.75, 3.05) is 25.0 Å². The molecule has 6 heteroatoms. The summed E-state index contributed by atoms with van der Waals surface area (Å²) in [6.45, 7) is 1.92. The molecule has 0 amide bonds. The number of alkyl halides is 1. The molecule has 0 aromatic heterocycles. The molecule has 178 valence electrons. The first-order valence-electron chi connectivity index (χ1n) is 11.6. The molecule has 0 atom stereocenters. The van der Waals surface area contributed by atoms with E-state index in [0.29, 0.717) is 19.7 Å². The van der Waals surface area contributed by atoms with Gasteiger partial charge in [0.2, 0.25) is 0 Å². The number of ether oxygens (including phenoxy) is 1. The minimum Gasteiger partial charge on any atom is -0.494 e. The van der Waals surface area contributed by atoms with E-state index in [1.54, 1.807) is 0 Å². The Morgan fingerprint density at radius 1 is 0.882 bits per heavy atom. The molecule has 4 rings (SSSR count). The monoisotopic (exact) mass is 539 g/mol. The maximum atomic E-state index is 12.9. The van der Waals surface area contributed by atoms with Crippen molar-refractivity contribution >= 4 is 25.8 Å². The summed E-state index contributed by atoms with van der Waals surface area (Å²) in [4.78, 5) is 2.31. The second-order valence-electron chi connectivity index (χ2n) is 8.60. The van der Waals surface area contributed by atoms with Crippen LogP contribution in [0.4, 0.5) is 0 Å². The van der Waals surface area contributed by atoms with Gasteiger partial charge >= 0.3 is 0 Å². The smallest absolute Gasteiger partial charge is 0.175 e. The first-order valence-corrected chi connectivity index (χ1v) is 14.4. The van der Waals surface area contributed by atoms with Crippen LogP contribution < -0.4 is 4.74 Å². The number of halogens is 1. The van der Waals surface area contributed by atoms with E-state index in [4.69, 9.17) is 4.74 Å². The van der Waals surface area contributed by atoms with Crippen molar-refractivity contribution in [3.63, 3.8) is 0 Å². The molecule has 4 nitrogen and oxygen atoms in total. The molecule has 1 saturated heterocycles. The van der Waals surface area contributed by atoms with Crippen molar-refractivity contribution in [3.8, 4) is 5.75 Å². The van der Waals surface area contributed by atoms with Gasteiger partial charge in [0.25, 0.3) is 0 Å². The predicted molar refractivity (Wildman–Crippen MR) is 142 cm³/mol. The molecule has 1 aliphatic rings. The van der Waals surface area contributed by atoms with E-state index in [-0.39, 0.29) is 11.8 Å². The Balaban J connectivity index is 1.41. The summed E-state index contributed by atoms with van der Waals surface area (Å²) in [5.74, 6) is 0.703. The zero-order valence-corrected chi connectivity index (χ0v) is 21.5. The molecular weight excluding hydrogens is 510 g/mol. The van der Waals surface area contributed by atoms with Gasteiger partial charge in [0.15, 0.2) is 9.84 Å².